The quantitative estimate of drug-likeness (QED) is 0.903. The second kappa shape index (κ2) is 6.44. The normalized spacial score (nSPS) is 13.4. The van der Waals surface area contributed by atoms with Crippen LogP contribution in [-0.4, -0.2) is 16.3 Å². The third-order valence-corrected chi connectivity index (χ3v) is 3.86. The predicted molar refractivity (Wildman–Crippen MR) is 88.6 cm³/mol. The van der Waals surface area contributed by atoms with E-state index in [0.717, 1.165) is 13.1 Å². The molecular formula is C18H27N3. The molecule has 1 atom stereocenters. The van der Waals surface area contributed by atoms with Gasteiger partial charge in [-0.25, -0.2) is 0 Å². The molecular weight excluding hydrogens is 258 g/mol. The number of aryl methyl sites for hydroxylation is 1. The highest BCUT2D eigenvalue weighted by atomic mass is 15.3. The van der Waals surface area contributed by atoms with Crippen molar-refractivity contribution in [1.82, 2.24) is 15.1 Å². The Morgan fingerprint density at radius 3 is 2.29 bits per heavy atom. The van der Waals surface area contributed by atoms with Gasteiger partial charge in [0.15, 0.2) is 0 Å². The Morgan fingerprint density at radius 2 is 1.76 bits per heavy atom. The highest BCUT2D eigenvalue weighted by Crippen LogP contribution is 2.26. The van der Waals surface area contributed by atoms with E-state index in [2.05, 4.69) is 80.0 Å². The van der Waals surface area contributed by atoms with Crippen molar-refractivity contribution in [2.24, 2.45) is 0 Å². The fourth-order valence-electron chi connectivity index (χ4n) is 2.63. The summed E-state index contributed by atoms with van der Waals surface area (Å²) in [4.78, 5) is 0. The number of hydrogen-bond acceptors (Lipinski definition) is 2. The van der Waals surface area contributed by atoms with Gasteiger partial charge in [-0.05, 0) is 36.1 Å². The van der Waals surface area contributed by atoms with E-state index in [-0.39, 0.29) is 11.5 Å². The molecule has 1 aromatic heterocycles. The number of hydrogen-bond donors (Lipinski definition) is 1. The van der Waals surface area contributed by atoms with Gasteiger partial charge >= 0.3 is 0 Å². The molecule has 0 radical (unpaired) electrons. The predicted octanol–water partition coefficient (Wildman–Crippen LogP) is 3.90. The van der Waals surface area contributed by atoms with Crippen LogP contribution in [0.5, 0.6) is 0 Å². The van der Waals surface area contributed by atoms with Gasteiger partial charge in [0.25, 0.3) is 0 Å². The Bertz CT molecular complexity index is 561. The summed E-state index contributed by atoms with van der Waals surface area (Å²) >= 11 is 0. The lowest BCUT2D eigenvalue weighted by atomic mass is 9.86. The molecule has 0 spiro atoms. The van der Waals surface area contributed by atoms with E-state index in [1.807, 2.05) is 6.20 Å². The van der Waals surface area contributed by atoms with E-state index in [4.69, 9.17) is 0 Å². The molecule has 21 heavy (non-hydrogen) atoms. The molecule has 0 saturated heterocycles. The van der Waals surface area contributed by atoms with Crippen molar-refractivity contribution >= 4 is 0 Å². The summed E-state index contributed by atoms with van der Waals surface area (Å²) in [6.45, 7) is 12.8. The molecule has 0 aliphatic carbocycles. The number of rotatable bonds is 5. The summed E-state index contributed by atoms with van der Waals surface area (Å²) in [5.74, 6) is 0. The number of aromatic nitrogens is 2. The van der Waals surface area contributed by atoms with E-state index in [0.29, 0.717) is 0 Å². The van der Waals surface area contributed by atoms with Crippen molar-refractivity contribution in [2.75, 3.05) is 6.54 Å². The van der Waals surface area contributed by atoms with Gasteiger partial charge in [0.1, 0.15) is 0 Å². The third-order valence-electron chi connectivity index (χ3n) is 3.86. The van der Waals surface area contributed by atoms with Crippen molar-refractivity contribution in [2.45, 2.75) is 52.6 Å². The fraction of sp³-hybridized carbons (Fsp3) is 0.500. The van der Waals surface area contributed by atoms with E-state index in [1.165, 1.54) is 16.8 Å². The zero-order valence-electron chi connectivity index (χ0n) is 13.9. The monoisotopic (exact) mass is 285 g/mol. The SMILES string of the molecule is CCNC(c1ccc(C(C)(C)C)cc1)c1ccnn1CC. The van der Waals surface area contributed by atoms with Crippen molar-refractivity contribution in [3.8, 4) is 0 Å². The van der Waals surface area contributed by atoms with Crippen LogP contribution in [0.25, 0.3) is 0 Å². The molecule has 2 aromatic rings. The van der Waals surface area contributed by atoms with Crippen molar-refractivity contribution in [3.63, 3.8) is 0 Å². The zero-order chi connectivity index (χ0) is 15.5. The fourth-order valence-corrected chi connectivity index (χ4v) is 2.63. The van der Waals surface area contributed by atoms with Crippen LogP contribution < -0.4 is 5.32 Å². The summed E-state index contributed by atoms with van der Waals surface area (Å²) in [6, 6.07) is 11.3. The average Bonchev–Trinajstić information content (AvgIpc) is 2.92. The van der Waals surface area contributed by atoms with Crippen LogP contribution in [0.15, 0.2) is 36.5 Å². The molecule has 1 unspecified atom stereocenters. The minimum absolute atomic E-state index is 0.192. The smallest absolute Gasteiger partial charge is 0.0748 e. The Hall–Kier alpha value is -1.61. The zero-order valence-corrected chi connectivity index (χ0v) is 13.9. The Kier molecular flexibility index (Phi) is 4.84. The number of benzene rings is 1. The van der Waals surface area contributed by atoms with Gasteiger partial charge in [-0.15, -0.1) is 0 Å². The Balaban J connectivity index is 2.35. The summed E-state index contributed by atoms with van der Waals surface area (Å²) in [5, 5.41) is 7.97. The largest absolute Gasteiger partial charge is 0.305 e. The molecule has 114 valence electrons. The lowest BCUT2D eigenvalue weighted by Crippen LogP contribution is -2.25. The lowest BCUT2D eigenvalue weighted by molar-refractivity contribution is 0.541. The van der Waals surface area contributed by atoms with Crippen LogP contribution in [0.2, 0.25) is 0 Å². The minimum Gasteiger partial charge on any atom is -0.305 e. The molecule has 0 fully saturated rings. The maximum Gasteiger partial charge on any atom is 0.0748 e. The van der Waals surface area contributed by atoms with Gasteiger partial charge in [-0.3, -0.25) is 4.68 Å². The van der Waals surface area contributed by atoms with Crippen molar-refractivity contribution < 1.29 is 0 Å². The molecule has 0 saturated carbocycles. The molecule has 3 heteroatoms. The third kappa shape index (κ3) is 3.53. The minimum atomic E-state index is 0.192. The number of nitrogens with zero attached hydrogens (tertiary/aromatic N) is 2. The average molecular weight is 285 g/mol. The van der Waals surface area contributed by atoms with E-state index < -0.39 is 0 Å². The first-order valence-corrected chi connectivity index (χ1v) is 7.83. The van der Waals surface area contributed by atoms with Crippen LogP contribution in [0.4, 0.5) is 0 Å². The van der Waals surface area contributed by atoms with Crippen molar-refractivity contribution in [1.29, 1.82) is 0 Å². The molecule has 1 heterocycles. The molecule has 2 rings (SSSR count). The van der Waals surface area contributed by atoms with Crippen LogP contribution in [0.3, 0.4) is 0 Å². The van der Waals surface area contributed by atoms with Crippen LogP contribution in [-0.2, 0) is 12.0 Å². The van der Waals surface area contributed by atoms with E-state index in [9.17, 15) is 0 Å². The first kappa shape index (κ1) is 15.8. The molecule has 0 amide bonds. The Morgan fingerprint density at radius 1 is 1.10 bits per heavy atom. The molecule has 0 aliphatic heterocycles. The standard InChI is InChI=1S/C18H27N3/c1-6-19-17(16-12-13-20-21(16)7-2)14-8-10-15(11-9-14)18(3,4)5/h8-13,17,19H,6-7H2,1-5H3. The van der Waals surface area contributed by atoms with Crippen LogP contribution >= 0.6 is 0 Å². The van der Waals surface area contributed by atoms with Gasteiger partial charge in [-0.1, -0.05) is 52.0 Å². The van der Waals surface area contributed by atoms with Gasteiger partial charge in [0.2, 0.25) is 0 Å². The first-order chi connectivity index (χ1) is 9.97. The number of nitrogens with one attached hydrogen (secondary N) is 1. The Labute approximate surface area is 128 Å². The maximum atomic E-state index is 4.40. The molecule has 1 aromatic carbocycles. The molecule has 0 aliphatic rings. The van der Waals surface area contributed by atoms with Gasteiger partial charge in [0.05, 0.1) is 11.7 Å². The second-order valence-electron chi connectivity index (χ2n) is 6.43. The first-order valence-electron chi connectivity index (χ1n) is 7.83. The van der Waals surface area contributed by atoms with Gasteiger partial charge < -0.3 is 5.32 Å². The lowest BCUT2D eigenvalue weighted by Gasteiger charge is -2.22. The molecule has 1 N–H and O–H groups in total. The van der Waals surface area contributed by atoms with Crippen molar-refractivity contribution in [3.05, 3.63) is 53.3 Å². The van der Waals surface area contributed by atoms with Crippen LogP contribution in [0, 0.1) is 0 Å². The molecule has 3 nitrogen and oxygen atoms in total. The highest BCUT2D eigenvalue weighted by Gasteiger charge is 2.18. The summed E-state index contributed by atoms with van der Waals surface area (Å²) in [5.41, 5.74) is 4.07. The van der Waals surface area contributed by atoms with E-state index >= 15 is 0 Å². The topological polar surface area (TPSA) is 29.9 Å². The summed E-state index contributed by atoms with van der Waals surface area (Å²) in [7, 11) is 0. The molecule has 0 bridgehead atoms. The van der Waals surface area contributed by atoms with Gasteiger partial charge in [-0.2, -0.15) is 5.10 Å². The maximum absolute atomic E-state index is 4.40. The summed E-state index contributed by atoms with van der Waals surface area (Å²) < 4.78 is 2.06. The highest BCUT2D eigenvalue weighted by molar-refractivity contribution is 5.33. The van der Waals surface area contributed by atoms with E-state index in [1.54, 1.807) is 0 Å². The second-order valence-corrected chi connectivity index (χ2v) is 6.43. The van der Waals surface area contributed by atoms with Gasteiger partial charge in [0, 0.05) is 12.7 Å². The van der Waals surface area contributed by atoms with Crippen LogP contribution in [0.1, 0.15) is 57.5 Å². The summed E-state index contributed by atoms with van der Waals surface area (Å²) in [6.07, 6.45) is 1.88.